The Hall–Kier alpha value is -3.48. The number of nitrogens with zero attached hydrogens (tertiary/aromatic N) is 6. The molecule has 31 heavy (non-hydrogen) atoms. The topological polar surface area (TPSA) is 68.8 Å². The van der Waals surface area contributed by atoms with Gasteiger partial charge in [-0.3, -0.25) is 9.78 Å². The number of imidazole rings is 2. The second kappa shape index (κ2) is 6.51. The molecule has 1 aromatic carbocycles. The summed E-state index contributed by atoms with van der Waals surface area (Å²) in [6, 6.07) is 8.17. The molecular weight excluding hydrogens is 388 g/mol. The standard InChI is InChI=1S/C24H24N6O/c1-14-24(31)29(3)12-21-22(27-23(30(14)21)15-7-8-15)17-6-4-5-16-9-19(25-10-18(16)17)20-11-28(2)13-26-20/h4-6,9-11,13-15H,7-8,12H2,1-3H3/t14-/m0/s1. The maximum atomic E-state index is 12.7. The lowest BCUT2D eigenvalue weighted by Gasteiger charge is -2.31. The van der Waals surface area contributed by atoms with Crippen molar-refractivity contribution in [3.05, 3.63) is 54.5 Å². The second-order valence-corrected chi connectivity index (χ2v) is 8.80. The monoisotopic (exact) mass is 412 g/mol. The minimum Gasteiger partial charge on any atom is -0.340 e. The van der Waals surface area contributed by atoms with Gasteiger partial charge in [0.2, 0.25) is 5.91 Å². The molecule has 1 aliphatic carbocycles. The molecule has 6 rings (SSSR count). The zero-order chi connectivity index (χ0) is 21.3. The third kappa shape index (κ3) is 2.80. The highest BCUT2D eigenvalue weighted by atomic mass is 16.2. The molecule has 0 N–H and O–H groups in total. The molecular formula is C24H24N6O. The van der Waals surface area contributed by atoms with Crippen molar-refractivity contribution >= 4 is 16.7 Å². The molecule has 0 unspecified atom stereocenters. The van der Waals surface area contributed by atoms with Gasteiger partial charge in [0, 0.05) is 43.4 Å². The second-order valence-electron chi connectivity index (χ2n) is 8.80. The summed E-state index contributed by atoms with van der Waals surface area (Å²) in [5.74, 6) is 1.68. The zero-order valence-electron chi connectivity index (χ0n) is 17.9. The largest absolute Gasteiger partial charge is 0.340 e. The van der Waals surface area contributed by atoms with E-state index in [-0.39, 0.29) is 11.9 Å². The first-order chi connectivity index (χ1) is 15.0. The normalized spacial score (nSPS) is 18.6. The third-order valence-electron chi connectivity index (χ3n) is 6.47. The number of carbonyl (C=O) groups is 1. The minimum atomic E-state index is -0.213. The van der Waals surface area contributed by atoms with Gasteiger partial charge in [-0.25, -0.2) is 9.97 Å². The van der Waals surface area contributed by atoms with Crippen LogP contribution >= 0.6 is 0 Å². The van der Waals surface area contributed by atoms with Crippen LogP contribution in [0.25, 0.3) is 33.4 Å². The number of hydrogen-bond acceptors (Lipinski definition) is 4. The summed E-state index contributed by atoms with van der Waals surface area (Å²) in [5.41, 5.74) is 4.89. The average Bonchev–Trinajstić information content (AvgIpc) is 3.42. The lowest BCUT2D eigenvalue weighted by atomic mass is 10.0. The molecule has 3 aromatic heterocycles. The number of pyridine rings is 1. The molecule has 156 valence electrons. The molecule has 0 radical (unpaired) electrons. The molecule has 7 heteroatoms. The first kappa shape index (κ1) is 18.3. The Morgan fingerprint density at radius 2 is 1.94 bits per heavy atom. The van der Waals surface area contributed by atoms with Gasteiger partial charge in [-0.2, -0.15) is 0 Å². The van der Waals surface area contributed by atoms with Crippen molar-refractivity contribution in [2.24, 2.45) is 7.05 Å². The summed E-state index contributed by atoms with van der Waals surface area (Å²) in [7, 11) is 3.83. The van der Waals surface area contributed by atoms with Gasteiger partial charge in [0.25, 0.3) is 0 Å². The van der Waals surface area contributed by atoms with Crippen LogP contribution in [0.5, 0.6) is 0 Å². The number of aromatic nitrogens is 5. The van der Waals surface area contributed by atoms with E-state index in [0.29, 0.717) is 12.5 Å². The predicted molar refractivity (Wildman–Crippen MR) is 118 cm³/mol. The van der Waals surface area contributed by atoms with Crippen molar-refractivity contribution in [1.29, 1.82) is 0 Å². The molecule has 1 amide bonds. The average molecular weight is 412 g/mol. The number of carbonyl (C=O) groups excluding carboxylic acids is 1. The van der Waals surface area contributed by atoms with Crippen molar-refractivity contribution in [2.75, 3.05) is 7.05 Å². The number of rotatable bonds is 3. The van der Waals surface area contributed by atoms with Gasteiger partial charge >= 0.3 is 0 Å². The summed E-state index contributed by atoms with van der Waals surface area (Å²) in [6.07, 6.45) is 7.99. The molecule has 4 heterocycles. The van der Waals surface area contributed by atoms with E-state index in [1.807, 2.05) is 42.9 Å². The van der Waals surface area contributed by atoms with Crippen molar-refractivity contribution in [2.45, 2.75) is 38.3 Å². The van der Waals surface area contributed by atoms with Crippen molar-refractivity contribution in [1.82, 2.24) is 29.0 Å². The summed E-state index contributed by atoms with van der Waals surface area (Å²) < 4.78 is 4.12. The van der Waals surface area contributed by atoms with Crippen molar-refractivity contribution in [3.63, 3.8) is 0 Å². The smallest absolute Gasteiger partial charge is 0.245 e. The maximum absolute atomic E-state index is 12.7. The van der Waals surface area contributed by atoms with Gasteiger partial charge in [-0.15, -0.1) is 0 Å². The quantitative estimate of drug-likeness (QED) is 0.512. The van der Waals surface area contributed by atoms with E-state index in [2.05, 4.69) is 33.8 Å². The molecule has 4 aromatic rings. The van der Waals surface area contributed by atoms with E-state index in [1.165, 1.54) is 0 Å². The Bertz CT molecular complexity index is 1350. The number of hydrogen-bond donors (Lipinski definition) is 0. The summed E-state index contributed by atoms with van der Waals surface area (Å²) in [5, 5.41) is 2.17. The van der Waals surface area contributed by atoms with E-state index in [1.54, 1.807) is 6.33 Å². The van der Waals surface area contributed by atoms with Crippen LogP contribution in [0.1, 0.15) is 43.2 Å². The van der Waals surface area contributed by atoms with Crippen LogP contribution in [0, 0.1) is 0 Å². The van der Waals surface area contributed by atoms with Crippen LogP contribution in [0.4, 0.5) is 0 Å². The van der Waals surface area contributed by atoms with Gasteiger partial charge in [0.15, 0.2) is 0 Å². The van der Waals surface area contributed by atoms with E-state index >= 15 is 0 Å². The van der Waals surface area contributed by atoms with Crippen LogP contribution in [0.15, 0.2) is 43.0 Å². The Labute approximate surface area is 180 Å². The number of fused-ring (bicyclic) bond motifs is 2. The molecule has 7 nitrogen and oxygen atoms in total. The van der Waals surface area contributed by atoms with Crippen molar-refractivity contribution in [3.8, 4) is 22.6 Å². The van der Waals surface area contributed by atoms with Crippen LogP contribution in [0.3, 0.4) is 0 Å². The van der Waals surface area contributed by atoms with Gasteiger partial charge in [-0.1, -0.05) is 18.2 Å². The Kier molecular flexibility index (Phi) is 3.84. The first-order valence-electron chi connectivity index (χ1n) is 10.7. The van der Waals surface area contributed by atoms with Crippen molar-refractivity contribution < 1.29 is 4.79 Å². The third-order valence-corrected chi connectivity index (χ3v) is 6.47. The summed E-state index contributed by atoms with van der Waals surface area (Å²) >= 11 is 0. The molecule has 2 aliphatic rings. The first-order valence-corrected chi connectivity index (χ1v) is 10.7. The Balaban J connectivity index is 1.53. The lowest BCUT2D eigenvalue weighted by molar-refractivity contribution is -0.135. The van der Waals surface area contributed by atoms with E-state index < -0.39 is 0 Å². The fourth-order valence-corrected chi connectivity index (χ4v) is 4.71. The van der Waals surface area contributed by atoms with E-state index in [0.717, 1.165) is 57.8 Å². The molecule has 1 fully saturated rings. The van der Waals surface area contributed by atoms with Crippen LogP contribution in [-0.2, 0) is 18.4 Å². The summed E-state index contributed by atoms with van der Waals surface area (Å²) in [6.45, 7) is 2.57. The van der Waals surface area contributed by atoms with Crippen LogP contribution < -0.4 is 0 Å². The molecule has 1 atom stereocenters. The van der Waals surface area contributed by atoms with E-state index in [9.17, 15) is 4.79 Å². The highest BCUT2D eigenvalue weighted by Crippen LogP contribution is 2.45. The van der Waals surface area contributed by atoms with E-state index in [4.69, 9.17) is 9.97 Å². The van der Waals surface area contributed by atoms with Gasteiger partial charge in [0.05, 0.1) is 30.0 Å². The number of amides is 1. The predicted octanol–water partition coefficient (Wildman–Crippen LogP) is 3.91. The molecule has 1 aliphatic heterocycles. The number of aryl methyl sites for hydroxylation is 1. The highest BCUT2D eigenvalue weighted by molar-refractivity contribution is 5.97. The fourth-order valence-electron chi connectivity index (χ4n) is 4.71. The number of likely N-dealkylation sites (N-methyl/N-ethyl adjacent to an activating group) is 1. The van der Waals surface area contributed by atoms with Gasteiger partial charge in [0.1, 0.15) is 17.6 Å². The number of benzene rings is 1. The van der Waals surface area contributed by atoms with Gasteiger partial charge in [-0.05, 0) is 31.2 Å². The zero-order valence-corrected chi connectivity index (χ0v) is 17.9. The maximum Gasteiger partial charge on any atom is 0.245 e. The Morgan fingerprint density at radius 3 is 2.68 bits per heavy atom. The Morgan fingerprint density at radius 1 is 1.10 bits per heavy atom. The molecule has 0 bridgehead atoms. The molecule has 0 spiro atoms. The van der Waals surface area contributed by atoms with Gasteiger partial charge < -0.3 is 14.0 Å². The highest BCUT2D eigenvalue weighted by Gasteiger charge is 2.38. The lowest BCUT2D eigenvalue weighted by Crippen LogP contribution is -2.39. The fraction of sp³-hybridized carbons (Fsp3) is 0.333. The molecule has 1 saturated carbocycles. The minimum absolute atomic E-state index is 0.151. The molecule has 0 saturated heterocycles. The van der Waals surface area contributed by atoms with Crippen LogP contribution in [-0.4, -0.2) is 41.9 Å². The summed E-state index contributed by atoms with van der Waals surface area (Å²) in [4.78, 5) is 28.7. The van der Waals surface area contributed by atoms with Crippen LogP contribution in [0.2, 0.25) is 0 Å². The SMILES string of the molecule is C[C@H]1C(=O)N(C)Cc2c(-c3cccc4cc(-c5cn(C)cn5)ncc34)nc(C3CC3)n21.